The molecule has 3 rings (SSSR count). The van der Waals surface area contributed by atoms with E-state index in [0.29, 0.717) is 0 Å². The van der Waals surface area contributed by atoms with Crippen molar-refractivity contribution in [3.8, 4) is 0 Å². The Morgan fingerprint density at radius 1 is 1.26 bits per heavy atom. The van der Waals surface area contributed by atoms with E-state index in [1.807, 2.05) is 30.3 Å². The molecule has 1 saturated heterocycles. The highest BCUT2D eigenvalue weighted by molar-refractivity contribution is 5.81. The van der Waals surface area contributed by atoms with Crippen molar-refractivity contribution in [2.45, 2.75) is 25.5 Å². The minimum atomic E-state index is -0.0260. The molecule has 19 heavy (non-hydrogen) atoms. The molecule has 0 amide bonds. The van der Waals surface area contributed by atoms with E-state index in [9.17, 15) is 10.2 Å². The second kappa shape index (κ2) is 5.15. The number of aliphatic hydroxyl groups excluding tert-OH is 2. The largest absolute Gasteiger partial charge is 0.394 e. The SMILES string of the molecule is OCc1cc2ccccc2nc1N1CCCC1CO. The Bertz CT molecular complexity index is 585. The third-order valence-electron chi connectivity index (χ3n) is 3.81. The molecule has 1 aliphatic heterocycles. The van der Waals surface area contributed by atoms with Gasteiger partial charge in [-0.05, 0) is 25.0 Å². The highest BCUT2D eigenvalue weighted by Gasteiger charge is 2.26. The van der Waals surface area contributed by atoms with Gasteiger partial charge in [-0.1, -0.05) is 18.2 Å². The molecule has 2 heterocycles. The fourth-order valence-corrected chi connectivity index (χ4v) is 2.82. The van der Waals surface area contributed by atoms with Gasteiger partial charge in [0.25, 0.3) is 0 Å². The highest BCUT2D eigenvalue weighted by Crippen LogP contribution is 2.29. The maximum absolute atomic E-state index is 9.57. The van der Waals surface area contributed by atoms with Crippen LogP contribution in [0.3, 0.4) is 0 Å². The standard InChI is InChI=1S/C15H18N2O2/c18-9-12-8-11-4-1-2-6-14(11)16-15(12)17-7-3-5-13(17)10-19/h1-2,4,6,8,13,18-19H,3,5,7,9-10H2. The molecule has 0 bridgehead atoms. The second-order valence-electron chi connectivity index (χ2n) is 4.99. The van der Waals surface area contributed by atoms with Gasteiger partial charge in [-0.2, -0.15) is 0 Å². The molecule has 1 aromatic heterocycles. The Kier molecular flexibility index (Phi) is 3.36. The van der Waals surface area contributed by atoms with Gasteiger partial charge in [0.15, 0.2) is 0 Å². The van der Waals surface area contributed by atoms with E-state index in [1.165, 1.54) is 0 Å². The van der Waals surface area contributed by atoms with E-state index in [1.54, 1.807) is 0 Å². The number of rotatable bonds is 3. The first-order valence-electron chi connectivity index (χ1n) is 6.70. The van der Waals surface area contributed by atoms with E-state index < -0.39 is 0 Å². The molecule has 1 unspecified atom stereocenters. The summed E-state index contributed by atoms with van der Waals surface area (Å²) >= 11 is 0. The van der Waals surface area contributed by atoms with Crippen LogP contribution in [-0.2, 0) is 6.61 Å². The number of fused-ring (bicyclic) bond motifs is 1. The first kappa shape index (κ1) is 12.4. The van der Waals surface area contributed by atoms with Crippen molar-refractivity contribution in [3.05, 3.63) is 35.9 Å². The van der Waals surface area contributed by atoms with Crippen LogP contribution in [-0.4, -0.2) is 34.4 Å². The summed E-state index contributed by atoms with van der Waals surface area (Å²) in [6.07, 6.45) is 2.04. The number of anilines is 1. The summed E-state index contributed by atoms with van der Waals surface area (Å²) in [6.45, 7) is 1.00. The molecule has 1 aromatic carbocycles. The second-order valence-corrected chi connectivity index (χ2v) is 4.99. The maximum atomic E-state index is 9.57. The Morgan fingerprint density at radius 3 is 2.89 bits per heavy atom. The minimum Gasteiger partial charge on any atom is -0.394 e. The molecule has 0 saturated carbocycles. The predicted octanol–water partition coefficient (Wildman–Crippen LogP) is 1.69. The quantitative estimate of drug-likeness (QED) is 0.879. The van der Waals surface area contributed by atoms with Crippen molar-refractivity contribution in [1.82, 2.24) is 4.98 Å². The Balaban J connectivity index is 2.10. The Morgan fingerprint density at radius 2 is 2.11 bits per heavy atom. The average molecular weight is 258 g/mol. The summed E-state index contributed by atoms with van der Waals surface area (Å²) < 4.78 is 0. The van der Waals surface area contributed by atoms with Gasteiger partial charge in [-0.3, -0.25) is 0 Å². The molecular formula is C15H18N2O2. The Labute approximate surface area is 112 Å². The zero-order valence-corrected chi connectivity index (χ0v) is 10.8. The number of aliphatic hydroxyl groups is 2. The first-order valence-corrected chi connectivity index (χ1v) is 6.70. The molecule has 0 spiro atoms. The number of nitrogens with zero attached hydrogens (tertiary/aromatic N) is 2. The summed E-state index contributed by atoms with van der Waals surface area (Å²) in [6, 6.07) is 10.0. The minimum absolute atomic E-state index is 0.0260. The summed E-state index contributed by atoms with van der Waals surface area (Å²) in [4.78, 5) is 6.80. The van der Waals surface area contributed by atoms with E-state index in [-0.39, 0.29) is 19.3 Å². The molecule has 0 radical (unpaired) electrons. The normalized spacial score (nSPS) is 19.3. The van der Waals surface area contributed by atoms with Crippen LogP contribution in [0.4, 0.5) is 5.82 Å². The first-order chi connectivity index (χ1) is 9.33. The molecule has 4 heteroatoms. The lowest BCUT2D eigenvalue weighted by atomic mass is 10.1. The third-order valence-corrected chi connectivity index (χ3v) is 3.81. The molecule has 0 aliphatic carbocycles. The van der Waals surface area contributed by atoms with Gasteiger partial charge in [-0.15, -0.1) is 0 Å². The molecule has 100 valence electrons. The van der Waals surface area contributed by atoms with Crippen LogP contribution in [0.15, 0.2) is 30.3 Å². The fourth-order valence-electron chi connectivity index (χ4n) is 2.82. The average Bonchev–Trinajstić information content (AvgIpc) is 2.94. The van der Waals surface area contributed by atoms with E-state index >= 15 is 0 Å². The maximum Gasteiger partial charge on any atom is 0.135 e. The summed E-state index contributed by atoms with van der Waals surface area (Å²) in [5.41, 5.74) is 1.76. The Hall–Kier alpha value is -1.65. The van der Waals surface area contributed by atoms with Gasteiger partial charge in [0, 0.05) is 17.5 Å². The van der Waals surface area contributed by atoms with Crippen LogP contribution >= 0.6 is 0 Å². The van der Waals surface area contributed by atoms with Crippen molar-refractivity contribution in [2.75, 3.05) is 18.1 Å². The lowest BCUT2D eigenvalue weighted by Crippen LogP contribution is -2.33. The van der Waals surface area contributed by atoms with E-state index in [2.05, 4.69) is 9.88 Å². The van der Waals surface area contributed by atoms with Crippen LogP contribution in [0.25, 0.3) is 10.9 Å². The van der Waals surface area contributed by atoms with Gasteiger partial charge in [0.1, 0.15) is 5.82 Å². The lowest BCUT2D eigenvalue weighted by Gasteiger charge is -2.26. The van der Waals surface area contributed by atoms with Gasteiger partial charge in [0.05, 0.1) is 24.8 Å². The number of benzene rings is 1. The van der Waals surface area contributed by atoms with Gasteiger partial charge in [-0.25, -0.2) is 4.98 Å². The zero-order chi connectivity index (χ0) is 13.2. The lowest BCUT2D eigenvalue weighted by molar-refractivity contribution is 0.263. The van der Waals surface area contributed by atoms with Crippen molar-refractivity contribution >= 4 is 16.7 Å². The topological polar surface area (TPSA) is 56.6 Å². The summed E-state index contributed by atoms with van der Waals surface area (Å²) in [5.74, 6) is 0.817. The predicted molar refractivity (Wildman–Crippen MR) is 75.1 cm³/mol. The smallest absolute Gasteiger partial charge is 0.135 e. The molecule has 2 N–H and O–H groups in total. The van der Waals surface area contributed by atoms with Crippen LogP contribution in [0.2, 0.25) is 0 Å². The monoisotopic (exact) mass is 258 g/mol. The number of hydrogen-bond donors (Lipinski definition) is 2. The van der Waals surface area contributed by atoms with Crippen molar-refractivity contribution in [3.63, 3.8) is 0 Å². The number of aromatic nitrogens is 1. The van der Waals surface area contributed by atoms with Gasteiger partial charge < -0.3 is 15.1 Å². The zero-order valence-electron chi connectivity index (χ0n) is 10.8. The molecule has 1 aliphatic rings. The van der Waals surface area contributed by atoms with Crippen molar-refractivity contribution in [2.24, 2.45) is 0 Å². The van der Waals surface area contributed by atoms with Crippen LogP contribution in [0.1, 0.15) is 18.4 Å². The molecule has 1 fully saturated rings. The third kappa shape index (κ3) is 2.17. The van der Waals surface area contributed by atoms with Crippen molar-refractivity contribution in [1.29, 1.82) is 0 Å². The molecule has 4 nitrogen and oxygen atoms in total. The van der Waals surface area contributed by atoms with Gasteiger partial charge >= 0.3 is 0 Å². The summed E-state index contributed by atoms with van der Waals surface area (Å²) in [5, 5.41) is 20.0. The highest BCUT2D eigenvalue weighted by atomic mass is 16.3. The summed E-state index contributed by atoms with van der Waals surface area (Å²) in [7, 11) is 0. The van der Waals surface area contributed by atoms with E-state index in [0.717, 1.165) is 41.7 Å². The number of hydrogen-bond acceptors (Lipinski definition) is 4. The van der Waals surface area contributed by atoms with Crippen LogP contribution in [0.5, 0.6) is 0 Å². The number of pyridine rings is 1. The molecule has 2 aromatic rings. The molecule has 1 atom stereocenters. The van der Waals surface area contributed by atoms with Crippen molar-refractivity contribution < 1.29 is 10.2 Å². The number of para-hydroxylation sites is 1. The fraction of sp³-hybridized carbons (Fsp3) is 0.400. The molecular weight excluding hydrogens is 240 g/mol. The van der Waals surface area contributed by atoms with Crippen LogP contribution in [0, 0.1) is 0 Å². The van der Waals surface area contributed by atoms with E-state index in [4.69, 9.17) is 0 Å². The van der Waals surface area contributed by atoms with Crippen LogP contribution < -0.4 is 4.90 Å². The van der Waals surface area contributed by atoms with Gasteiger partial charge in [0.2, 0.25) is 0 Å².